The molecule has 24 heavy (non-hydrogen) atoms. The Balaban J connectivity index is 2.84. The molecule has 12 heteroatoms. The quantitative estimate of drug-likeness (QED) is 0.312. The molecule has 0 amide bonds. The Morgan fingerprint density at radius 3 is 1.08 bits per heavy atom. The zero-order chi connectivity index (χ0) is 17.9. The minimum absolute atomic E-state index is 0.483. The molecule has 0 heterocycles. The van der Waals surface area contributed by atoms with E-state index in [9.17, 15) is 0 Å². The van der Waals surface area contributed by atoms with Crippen LogP contribution in [-0.4, -0.2) is 34.5 Å². The van der Waals surface area contributed by atoms with E-state index < -0.39 is 0 Å². The molecule has 0 saturated carbocycles. The van der Waals surface area contributed by atoms with Crippen LogP contribution < -0.4 is 0 Å². The van der Waals surface area contributed by atoms with Crippen molar-refractivity contribution in [2.45, 2.75) is 14.7 Å². The summed E-state index contributed by atoms with van der Waals surface area (Å²) in [4.78, 5) is 3.17. The summed E-state index contributed by atoms with van der Waals surface area (Å²) in [7, 11) is 13.5. The highest BCUT2D eigenvalue weighted by Gasteiger charge is 2.09. The number of hydrogen-bond donors (Lipinski definition) is 0. The van der Waals surface area contributed by atoms with Crippen LogP contribution in [0, 0.1) is 0 Å². The fourth-order valence-electron chi connectivity index (χ4n) is 1.04. The third-order valence-corrected chi connectivity index (χ3v) is 10.5. The Labute approximate surface area is 181 Å². The van der Waals surface area contributed by atoms with Crippen LogP contribution in [0.4, 0.5) is 0 Å². The van der Waals surface area contributed by atoms with Gasteiger partial charge < -0.3 is 14.2 Å². The van der Waals surface area contributed by atoms with Gasteiger partial charge in [0.15, 0.2) is 0 Å². The van der Waals surface area contributed by atoms with Gasteiger partial charge in [0, 0.05) is 14.7 Å². The van der Waals surface area contributed by atoms with E-state index in [0.29, 0.717) is 13.1 Å². The molecule has 1 aromatic rings. The average Bonchev–Trinajstić information content (AvgIpc) is 2.61. The molecule has 0 aliphatic rings. The molecule has 3 nitrogen and oxygen atoms in total. The Hall–Kier alpha value is 0.990. The van der Waals surface area contributed by atoms with Crippen LogP contribution in [0.1, 0.15) is 0 Å². The summed E-state index contributed by atoms with van der Waals surface area (Å²) in [5, 5.41) is 0. The van der Waals surface area contributed by atoms with Gasteiger partial charge in [-0.15, -0.1) is 0 Å². The number of methoxy groups -OCH3 is 3. The van der Waals surface area contributed by atoms with Crippen molar-refractivity contribution in [1.82, 2.24) is 0 Å². The van der Waals surface area contributed by atoms with Gasteiger partial charge in [0.2, 0.25) is 13.1 Å². The van der Waals surface area contributed by atoms with E-state index in [2.05, 4.69) is 18.2 Å². The first-order valence-corrected chi connectivity index (χ1v) is 13.6. The summed E-state index contributed by atoms with van der Waals surface area (Å²) in [6.07, 6.45) is 0. The first kappa shape index (κ1) is 23.0. The highest BCUT2D eigenvalue weighted by atomic mass is 33.1. The molecule has 1 rings (SSSR count). The second-order valence-corrected chi connectivity index (χ2v) is 11.9. The minimum atomic E-state index is 0.483. The maximum atomic E-state index is 5.06. The van der Waals surface area contributed by atoms with E-state index in [-0.39, 0.29) is 0 Å². The third-order valence-electron chi connectivity index (χ3n) is 1.97. The summed E-state index contributed by atoms with van der Waals surface area (Å²) < 4.78 is 16.5. The van der Waals surface area contributed by atoms with Crippen molar-refractivity contribution < 1.29 is 14.2 Å². The molecular weight excluding hydrogens is 481 g/mol. The van der Waals surface area contributed by atoms with E-state index in [1.165, 1.54) is 64.8 Å². The van der Waals surface area contributed by atoms with Crippen LogP contribution >= 0.6 is 101 Å². The Kier molecular flexibility index (Phi) is 12.7. The van der Waals surface area contributed by atoms with Gasteiger partial charge in [-0.25, -0.2) is 0 Å². The monoisotopic (exact) mass is 492 g/mol. The SMILES string of the molecule is COC(=S)SSc1cc(SSC(=S)OC)cc(SSC(=S)OC)c1. The average molecular weight is 493 g/mol. The Morgan fingerprint density at radius 1 is 0.625 bits per heavy atom. The number of ether oxygens (including phenoxy) is 3. The standard InChI is InChI=1S/C12H12O3S9/c1-13-10(16)22-19-7-4-8(20-23-11(17)14-2)6-9(5-7)21-24-12(18)15-3/h4-6H,1-3H3. The van der Waals surface area contributed by atoms with Gasteiger partial charge in [0.25, 0.3) is 0 Å². The largest absolute Gasteiger partial charge is 0.481 e. The maximum absolute atomic E-state index is 5.06. The fourth-order valence-corrected chi connectivity index (χ4v) is 6.88. The first-order chi connectivity index (χ1) is 11.5. The van der Waals surface area contributed by atoms with Gasteiger partial charge in [0.1, 0.15) is 0 Å². The predicted molar refractivity (Wildman–Crippen MR) is 126 cm³/mol. The number of rotatable bonds is 6. The van der Waals surface area contributed by atoms with Gasteiger partial charge in [-0.1, -0.05) is 0 Å². The zero-order valence-electron chi connectivity index (χ0n) is 12.6. The molecule has 0 radical (unpaired) electrons. The maximum Gasteiger partial charge on any atom is 0.230 e. The van der Waals surface area contributed by atoms with Gasteiger partial charge >= 0.3 is 0 Å². The van der Waals surface area contributed by atoms with Crippen molar-refractivity contribution >= 4 is 115 Å². The lowest BCUT2D eigenvalue weighted by Crippen LogP contribution is -1.88. The summed E-state index contributed by atoms with van der Waals surface area (Å²) >= 11 is 15.2. The van der Waals surface area contributed by atoms with Gasteiger partial charge in [-0.05, 0) is 120 Å². The molecule has 0 N–H and O–H groups in total. The molecule has 0 bridgehead atoms. The van der Waals surface area contributed by atoms with Crippen molar-refractivity contribution in [3.63, 3.8) is 0 Å². The van der Waals surface area contributed by atoms with Crippen LogP contribution in [-0.2, 0) is 14.2 Å². The van der Waals surface area contributed by atoms with Crippen LogP contribution in [0.2, 0.25) is 0 Å². The Bertz CT molecular complexity index is 500. The molecule has 0 saturated heterocycles. The zero-order valence-corrected chi connectivity index (χ0v) is 20.0. The van der Waals surface area contributed by atoms with Crippen LogP contribution in [0.3, 0.4) is 0 Å². The summed E-state index contributed by atoms with van der Waals surface area (Å²) in [5.74, 6) is 0. The van der Waals surface area contributed by atoms with Crippen molar-refractivity contribution in [2.24, 2.45) is 0 Å². The van der Waals surface area contributed by atoms with E-state index in [1.54, 1.807) is 21.3 Å². The van der Waals surface area contributed by atoms with E-state index in [0.717, 1.165) is 14.7 Å². The first-order valence-electron chi connectivity index (χ1n) is 5.91. The molecule has 0 atom stereocenters. The van der Waals surface area contributed by atoms with Crippen molar-refractivity contribution in [3.8, 4) is 0 Å². The van der Waals surface area contributed by atoms with Crippen LogP contribution in [0.5, 0.6) is 0 Å². The molecule has 132 valence electrons. The predicted octanol–water partition coefficient (Wildman–Crippen LogP) is 6.70. The molecular formula is C12H12O3S9. The molecule has 0 aromatic heterocycles. The molecule has 0 unspecified atom stereocenters. The van der Waals surface area contributed by atoms with E-state index in [4.69, 9.17) is 50.9 Å². The van der Waals surface area contributed by atoms with Crippen LogP contribution in [0.25, 0.3) is 0 Å². The minimum Gasteiger partial charge on any atom is -0.481 e. The number of hydrogen-bond acceptors (Lipinski definition) is 12. The highest BCUT2D eigenvalue weighted by molar-refractivity contribution is 8.84. The topological polar surface area (TPSA) is 27.7 Å². The third kappa shape index (κ3) is 9.62. The molecule has 1 aromatic carbocycles. The lowest BCUT2D eigenvalue weighted by molar-refractivity contribution is 0.426. The lowest BCUT2D eigenvalue weighted by atomic mass is 10.4. The number of benzene rings is 1. The summed E-state index contributed by atoms with van der Waals surface area (Å²) in [6.45, 7) is 0. The summed E-state index contributed by atoms with van der Waals surface area (Å²) in [5.41, 5.74) is 0. The van der Waals surface area contributed by atoms with E-state index >= 15 is 0 Å². The lowest BCUT2D eigenvalue weighted by Gasteiger charge is -2.08. The van der Waals surface area contributed by atoms with E-state index in [1.807, 2.05) is 0 Å². The highest BCUT2D eigenvalue weighted by Crippen LogP contribution is 2.43. The fraction of sp³-hybridized carbons (Fsp3) is 0.250. The molecule has 0 spiro atoms. The second-order valence-electron chi connectivity index (χ2n) is 3.50. The number of thiocarbonyl (C=S) groups is 3. The van der Waals surface area contributed by atoms with Gasteiger partial charge in [-0.2, -0.15) is 0 Å². The van der Waals surface area contributed by atoms with Gasteiger partial charge in [-0.3, -0.25) is 0 Å². The Morgan fingerprint density at radius 2 is 0.875 bits per heavy atom. The smallest absolute Gasteiger partial charge is 0.230 e. The summed E-state index contributed by atoms with van der Waals surface area (Å²) in [6, 6.07) is 6.19. The van der Waals surface area contributed by atoms with Crippen LogP contribution in [0.15, 0.2) is 32.9 Å². The van der Waals surface area contributed by atoms with Crippen molar-refractivity contribution in [3.05, 3.63) is 18.2 Å². The molecule has 0 fully saturated rings. The van der Waals surface area contributed by atoms with Gasteiger partial charge in [0.05, 0.1) is 21.3 Å². The van der Waals surface area contributed by atoms with Crippen molar-refractivity contribution in [2.75, 3.05) is 21.3 Å². The molecule has 0 aliphatic carbocycles. The normalized spacial score (nSPS) is 10.1. The molecule has 0 aliphatic heterocycles. The van der Waals surface area contributed by atoms with Crippen molar-refractivity contribution in [1.29, 1.82) is 0 Å². The second kappa shape index (κ2) is 13.2.